The summed E-state index contributed by atoms with van der Waals surface area (Å²) in [5.41, 5.74) is 0. The molecule has 2 nitrogen and oxygen atoms in total. The van der Waals surface area contributed by atoms with Crippen molar-refractivity contribution in [2.24, 2.45) is 0 Å². The smallest absolute Gasteiger partial charge is 0.225 e. The molecule has 0 aliphatic heterocycles. The highest BCUT2D eigenvalue weighted by Crippen LogP contribution is 2.14. The van der Waals surface area contributed by atoms with Gasteiger partial charge in [-0.15, -0.1) is 8.78 Å². The fourth-order valence-electron chi connectivity index (χ4n) is 1.21. The first kappa shape index (κ1) is 12.3. The number of pyridine rings is 1. The number of para-hydroxylation sites is 1. The van der Waals surface area contributed by atoms with Gasteiger partial charge in [0.15, 0.2) is 0 Å². The zero-order chi connectivity index (χ0) is 13.3. The predicted octanol–water partition coefficient (Wildman–Crippen LogP) is 2.51. The van der Waals surface area contributed by atoms with E-state index in [0.29, 0.717) is 0 Å². The molecule has 7 heteroatoms. The maximum atomic E-state index is 13.2. The summed E-state index contributed by atoms with van der Waals surface area (Å²) in [5, 5.41) is 0. The van der Waals surface area contributed by atoms with Crippen molar-refractivity contribution < 1.29 is 31.5 Å². The molecule has 0 unspecified atom stereocenters. The van der Waals surface area contributed by atoms with Gasteiger partial charge in [0.2, 0.25) is 11.6 Å². The summed E-state index contributed by atoms with van der Waals surface area (Å²) in [6.45, 7) is 0. The van der Waals surface area contributed by atoms with E-state index >= 15 is 0 Å². The Hall–Kier alpha value is -2.18. The van der Waals surface area contributed by atoms with Crippen LogP contribution < -0.4 is 9.57 Å². The minimum atomic E-state index is -2.24. The molecule has 0 aliphatic rings. The van der Waals surface area contributed by atoms with Crippen molar-refractivity contribution in [3.8, 4) is 5.75 Å². The lowest BCUT2D eigenvalue weighted by atomic mass is 10.3. The molecule has 0 N–H and O–H groups in total. The normalized spacial score (nSPS) is 10.5. The SMILES string of the molecule is Fc1c(F)c(F)[n+](Oc2ccccc2)c(F)c1F. The van der Waals surface area contributed by atoms with Gasteiger partial charge in [0.05, 0.1) is 4.73 Å². The topological polar surface area (TPSA) is 13.1 Å². The van der Waals surface area contributed by atoms with Gasteiger partial charge in [-0.2, -0.15) is 13.2 Å². The van der Waals surface area contributed by atoms with Gasteiger partial charge in [-0.05, 0) is 12.1 Å². The van der Waals surface area contributed by atoms with E-state index in [1.165, 1.54) is 24.3 Å². The van der Waals surface area contributed by atoms with Gasteiger partial charge in [-0.3, -0.25) is 0 Å². The van der Waals surface area contributed by atoms with Crippen LogP contribution in [0.3, 0.4) is 0 Å². The van der Waals surface area contributed by atoms with Gasteiger partial charge in [-0.25, -0.2) is 4.84 Å². The van der Waals surface area contributed by atoms with E-state index in [9.17, 15) is 22.0 Å². The molecule has 0 radical (unpaired) electrons. The van der Waals surface area contributed by atoms with Gasteiger partial charge in [-0.1, -0.05) is 18.2 Å². The van der Waals surface area contributed by atoms with E-state index < -0.39 is 34.1 Å². The lowest BCUT2D eigenvalue weighted by molar-refractivity contribution is -0.916. The standard InChI is InChI=1S/C11H5F5NO/c12-7-8(13)10(15)17(11(16)9(7)14)18-6-4-2-1-3-5-6/h1-5H/q+1. The summed E-state index contributed by atoms with van der Waals surface area (Å²) in [4.78, 5) is 4.58. The Bertz CT molecular complexity index is 559. The summed E-state index contributed by atoms with van der Waals surface area (Å²) in [6.07, 6.45) is 0. The first-order valence-electron chi connectivity index (χ1n) is 4.69. The third kappa shape index (κ3) is 1.99. The maximum absolute atomic E-state index is 13.2. The Morgan fingerprint density at radius 1 is 0.722 bits per heavy atom. The summed E-state index contributed by atoms with van der Waals surface area (Å²) in [7, 11) is 0. The van der Waals surface area contributed by atoms with Crippen LogP contribution >= 0.6 is 0 Å². The van der Waals surface area contributed by atoms with E-state index in [-0.39, 0.29) is 5.75 Å². The summed E-state index contributed by atoms with van der Waals surface area (Å²) >= 11 is 0. The molecule has 1 aromatic heterocycles. The second-order valence-electron chi connectivity index (χ2n) is 3.22. The van der Waals surface area contributed by atoms with Crippen LogP contribution in [0.15, 0.2) is 30.3 Å². The van der Waals surface area contributed by atoms with E-state index in [2.05, 4.69) is 4.84 Å². The molecular formula is C11H5F5NO+. The largest absolute Gasteiger partial charge is 0.452 e. The third-order valence-electron chi connectivity index (χ3n) is 2.04. The molecule has 0 aliphatic carbocycles. The molecule has 94 valence electrons. The van der Waals surface area contributed by atoms with E-state index in [4.69, 9.17) is 0 Å². The average Bonchev–Trinajstić information content (AvgIpc) is 2.40. The lowest BCUT2D eigenvalue weighted by Gasteiger charge is -2.00. The number of rotatable bonds is 2. The molecule has 0 saturated heterocycles. The fraction of sp³-hybridized carbons (Fsp3) is 0. The van der Waals surface area contributed by atoms with Crippen LogP contribution in [0.5, 0.6) is 5.75 Å². The van der Waals surface area contributed by atoms with Crippen LogP contribution in [-0.2, 0) is 0 Å². The minimum Gasteiger partial charge on any atom is -0.225 e. The predicted molar refractivity (Wildman–Crippen MR) is 48.9 cm³/mol. The maximum Gasteiger partial charge on any atom is 0.452 e. The molecule has 0 bridgehead atoms. The highest BCUT2D eigenvalue weighted by molar-refractivity contribution is 5.20. The van der Waals surface area contributed by atoms with Crippen LogP contribution in [0, 0.1) is 29.3 Å². The number of hydrogen-bond acceptors (Lipinski definition) is 1. The van der Waals surface area contributed by atoms with E-state index in [1.54, 1.807) is 6.07 Å². The second kappa shape index (κ2) is 4.59. The van der Waals surface area contributed by atoms with Gasteiger partial charge < -0.3 is 0 Å². The summed E-state index contributed by atoms with van der Waals surface area (Å²) < 4.78 is 64.4. The van der Waals surface area contributed by atoms with Crippen LogP contribution in [-0.4, -0.2) is 0 Å². The number of hydrogen-bond donors (Lipinski definition) is 0. The zero-order valence-corrected chi connectivity index (χ0v) is 8.63. The summed E-state index contributed by atoms with van der Waals surface area (Å²) in [5.74, 6) is -10.6. The van der Waals surface area contributed by atoms with E-state index in [1.807, 2.05) is 0 Å². The molecule has 18 heavy (non-hydrogen) atoms. The molecule has 2 rings (SSSR count). The Balaban J connectivity index is 2.52. The van der Waals surface area contributed by atoms with Crippen LogP contribution in [0.25, 0.3) is 0 Å². The zero-order valence-electron chi connectivity index (χ0n) is 8.63. The van der Waals surface area contributed by atoms with Crippen LogP contribution in [0.1, 0.15) is 0 Å². The van der Waals surface area contributed by atoms with Gasteiger partial charge >= 0.3 is 11.9 Å². The Labute approximate surface area is 97.8 Å². The molecule has 1 aromatic carbocycles. The fourth-order valence-corrected chi connectivity index (χ4v) is 1.21. The molecule has 2 aromatic rings. The van der Waals surface area contributed by atoms with Crippen molar-refractivity contribution in [1.29, 1.82) is 0 Å². The first-order chi connectivity index (χ1) is 8.52. The highest BCUT2D eigenvalue weighted by Gasteiger charge is 2.36. The molecule has 0 saturated carbocycles. The van der Waals surface area contributed by atoms with Crippen molar-refractivity contribution in [2.45, 2.75) is 0 Å². The lowest BCUT2D eigenvalue weighted by Crippen LogP contribution is -2.49. The van der Waals surface area contributed by atoms with Crippen LogP contribution in [0.4, 0.5) is 22.0 Å². The van der Waals surface area contributed by atoms with Crippen molar-refractivity contribution in [1.82, 2.24) is 0 Å². The number of benzene rings is 1. The van der Waals surface area contributed by atoms with Gasteiger partial charge in [0, 0.05) is 0 Å². The molecule has 0 amide bonds. The first-order valence-corrected chi connectivity index (χ1v) is 4.69. The molecule has 0 fully saturated rings. The van der Waals surface area contributed by atoms with Crippen LogP contribution in [0.2, 0.25) is 0 Å². The van der Waals surface area contributed by atoms with E-state index in [0.717, 1.165) is 0 Å². The summed E-state index contributed by atoms with van der Waals surface area (Å²) in [6, 6.07) is 7.13. The Morgan fingerprint density at radius 3 is 1.72 bits per heavy atom. The number of nitrogens with zero attached hydrogens (tertiary/aromatic N) is 1. The third-order valence-corrected chi connectivity index (χ3v) is 2.04. The highest BCUT2D eigenvalue weighted by atomic mass is 19.2. The molecule has 1 heterocycles. The van der Waals surface area contributed by atoms with Crippen molar-refractivity contribution in [3.63, 3.8) is 0 Å². The minimum absolute atomic E-state index is 0.0780. The Morgan fingerprint density at radius 2 is 1.22 bits per heavy atom. The van der Waals surface area contributed by atoms with Gasteiger partial charge in [0.1, 0.15) is 0 Å². The van der Waals surface area contributed by atoms with Gasteiger partial charge in [0.25, 0.3) is 11.6 Å². The second-order valence-corrected chi connectivity index (χ2v) is 3.22. The molecule has 0 atom stereocenters. The molecular weight excluding hydrogens is 257 g/mol. The van der Waals surface area contributed by atoms with Crippen molar-refractivity contribution in [2.75, 3.05) is 0 Å². The monoisotopic (exact) mass is 262 g/mol. The quantitative estimate of drug-likeness (QED) is 0.460. The van der Waals surface area contributed by atoms with Crippen molar-refractivity contribution >= 4 is 0 Å². The Kier molecular flexibility index (Phi) is 3.14. The number of halogens is 5. The van der Waals surface area contributed by atoms with Crippen molar-refractivity contribution in [3.05, 3.63) is 59.7 Å². The number of aromatic nitrogens is 1. The molecule has 0 spiro atoms. The average molecular weight is 262 g/mol.